The van der Waals surface area contributed by atoms with Gasteiger partial charge in [-0.15, -0.1) is 0 Å². The summed E-state index contributed by atoms with van der Waals surface area (Å²) in [6, 6.07) is 24.2. The van der Waals surface area contributed by atoms with Crippen LogP contribution in [0.25, 0.3) is 22.3 Å². The number of rotatable bonds is 4. The average Bonchev–Trinajstić information content (AvgIpc) is 2.60. The smallest absolute Gasteiger partial charge is 0.130 e. The standard InChI is InChI=1S/C23H29PSSi2/c1-26(2,3)22-20(18-13-9-7-10-14-18)17-21(19-15-11-8-12-16-19)23(24(22)25)27(4,5)6/h7-17H,1-6H3. The average molecular weight is 425 g/mol. The molecule has 2 aromatic carbocycles. The number of benzene rings is 2. The van der Waals surface area contributed by atoms with Crippen LogP contribution >= 0.6 is 6.74 Å². The van der Waals surface area contributed by atoms with Crippen LogP contribution in [0.1, 0.15) is 0 Å². The summed E-state index contributed by atoms with van der Waals surface area (Å²) in [5.74, 6) is 0. The predicted molar refractivity (Wildman–Crippen MR) is 133 cm³/mol. The van der Waals surface area contributed by atoms with Gasteiger partial charge in [0.15, 0.2) is 0 Å². The molecule has 27 heavy (non-hydrogen) atoms. The highest BCUT2D eigenvalue weighted by molar-refractivity contribution is 8.33. The normalized spacial score (nSPS) is 12.3. The Morgan fingerprint density at radius 3 is 1.22 bits per heavy atom. The first kappa shape index (κ1) is 20.6. The van der Waals surface area contributed by atoms with Gasteiger partial charge in [-0.05, 0) is 23.9 Å². The minimum atomic E-state index is -1.56. The highest BCUT2D eigenvalue weighted by Gasteiger charge is 2.36. The van der Waals surface area contributed by atoms with Crippen LogP contribution in [0.4, 0.5) is 0 Å². The molecule has 0 bridgehead atoms. The van der Waals surface area contributed by atoms with E-state index in [0.717, 1.165) is 0 Å². The van der Waals surface area contributed by atoms with Crippen molar-refractivity contribution in [3.8, 4) is 22.3 Å². The maximum Gasteiger partial charge on any atom is 0.130 e. The highest BCUT2D eigenvalue weighted by atomic mass is 32.7. The zero-order chi connectivity index (χ0) is 19.8. The Labute approximate surface area is 172 Å². The molecule has 0 aliphatic rings. The van der Waals surface area contributed by atoms with Gasteiger partial charge in [-0.1, -0.05) is 99.9 Å². The third-order valence-corrected chi connectivity index (χ3v) is 16.9. The maximum absolute atomic E-state index is 6.38. The van der Waals surface area contributed by atoms with Crippen LogP contribution < -0.4 is 9.84 Å². The van der Waals surface area contributed by atoms with Crippen LogP contribution in [-0.2, 0) is 12.2 Å². The van der Waals surface area contributed by atoms with E-state index in [-0.39, 0.29) is 0 Å². The Morgan fingerprint density at radius 1 is 0.593 bits per heavy atom. The fraction of sp³-hybridized carbons (Fsp3) is 0.261. The zero-order valence-corrected chi connectivity index (χ0v) is 20.9. The zero-order valence-electron chi connectivity index (χ0n) is 17.2. The molecule has 3 rings (SSSR count). The largest absolute Gasteiger partial charge is 0.488 e. The molecule has 0 saturated carbocycles. The summed E-state index contributed by atoms with van der Waals surface area (Å²) in [5, 5.41) is 0. The summed E-state index contributed by atoms with van der Waals surface area (Å²) < 4.78 is 0. The molecule has 1 aromatic heterocycles. The van der Waals surface area contributed by atoms with Crippen molar-refractivity contribution in [2.24, 2.45) is 0 Å². The summed E-state index contributed by atoms with van der Waals surface area (Å²) >= 11 is 6.38. The predicted octanol–water partition coefficient (Wildman–Crippen LogP) is 6.69. The molecule has 4 heteroatoms. The minimum Gasteiger partial charge on any atom is -0.488 e. The van der Waals surface area contributed by atoms with Crippen molar-refractivity contribution in [2.75, 3.05) is 0 Å². The van der Waals surface area contributed by atoms with Crippen molar-refractivity contribution < 1.29 is 0 Å². The second kappa shape index (κ2) is 7.71. The van der Waals surface area contributed by atoms with Crippen molar-refractivity contribution >= 4 is 45.0 Å². The first-order chi connectivity index (χ1) is 12.6. The van der Waals surface area contributed by atoms with E-state index in [2.05, 4.69) is 106 Å². The van der Waals surface area contributed by atoms with E-state index in [1.807, 2.05) is 0 Å². The van der Waals surface area contributed by atoms with E-state index in [4.69, 9.17) is 12.2 Å². The van der Waals surface area contributed by atoms with E-state index in [1.54, 1.807) is 9.84 Å². The molecule has 0 aliphatic carbocycles. The molecule has 140 valence electrons. The summed E-state index contributed by atoms with van der Waals surface area (Å²) in [6.07, 6.45) is 0. The molecule has 0 N–H and O–H groups in total. The maximum atomic E-state index is 6.38. The lowest BCUT2D eigenvalue weighted by Crippen LogP contribution is -2.45. The molecular weight excluding hydrogens is 395 g/mol. The molecule has 0 fully saturated rings. The van der Waals surface area contributed by atoms with Crippen molar-refractivity contribution in [3.05, 3.63) is 66.7 Å². The summed E-state index contributed by atoms with van der Waals surface area (Å²) in [6.45, 7) is 14.0. The van der Waals surface area contributed by atoms with Crippen molar-refractivity contribution in [1.29, 1.82) is 0 Å². The lowest BCUT2D eigenvalue weighted by atomic mass is 10.0. The third kappa shape index (κ3) is 4.32. The topological polar surface area (TPSA) is 0 Å². The molecule has 0 amide bonds. The van der Waals surface area contributed by atoms with Gasteiger partial charge in [0, 0.05) is 11.1 Å². The molecule has 0 nitrogen and oxygen atoms in total. The number of hydrogen-bond donors (Lipinski definition) is 0. The second-order valence-corrected chi connectivity index (χ2v) is 22.6. The van der Waals surface area contributed by atoms with Gasteiger partial charge in [0.1, 0.15) is 16.1 Å². The first-order valence-electron chi connectivity index (χ1n) is 9.53. The fourth-order valence-corrected chi connectivity index (χ4v) is 18.2. The Kier molecular flexibility index (Phi) is 5.89. The monoisotopic (exact) mass is 424 g/mol. The summed E-state index contributed by atoms with van der Waals surface area (Å²) in [4.78, 5) is 3.19. The van der Waals surface area contributed by atoms with Crippen molar-refractivity contribution in [1.82, 2.24) is 0 Å². The Hall–Kier alpha value is -1.13. The molecule has 0 aliphatic heterocycles. The van der Waals surface area contributed by atoms with Crippen LogP contribution in [0.5, 0.6) is 0 Å². The Bertz CT molecular complexity index is 864. The van der Waals surface area contributed by atoms with Crippen LogP contribution in [-0.4, -0.2) is 16.1 Å². The number of hydrogen-bond acceptors (Lipinski definition) is 1. The Balaban J connectivity index is 2.46. The minimum absolute atomic E-state index is 0.686. The summed E-state index contributed by atoms with van der Waals surface area (Å²) in [7, 11) is -3.11. The molecule has 0 saturated heterocycles. The van der Waals surface area contributed by atoms with Gasteiger partial charge in [-0.3, -0.25) is 0 Å². The SMILES string of the molecule is C[Si](C)(C)c1c(-c2ccccc2)cc(-c2ccccc2)c([Si](C)(C)C)[p+]1[S-]. The van der Waals surface area contributed by atoms with Crippen LogP contribution in [0.2, 0.25) is 39.3 Å². The summed E-state index contributed by atoms with van der Waals surface area (Å²) in [5.41, 5.74) is 5.43. The second-order valence-electron chi connectivity index (χ2n) is 9.20. The fourth-order valence-electron chi connectivity index (χ4n) is 3.70. The van der Waals surface area contributed by atoms with Gasteiger partial charge in [0.2, 0.25) is 0 Å². The van der Waals surface area contributed by atoms with Crippen LogP contribution in [0.3, 0.4) is 0 Å². The Morgan fingerprint density at radius 2 is 0.926 bits per heavy atom. The van der Waals surface area contributed by atoms with Crippen LogP contribution in [0, 0.1) is 0 Å². The third-order valence-electron chi connectivity index (χ3n) is 4.80. The van der Waals surface area contributed by atoms with Crippen molar-refractivity contribution in [3.63, 3.8) is 0 Å². The van der Waals surface area contributed by atoms with E-state index in [9.17, 15) is 0 Å². The quantitative estimate of drug-likeness (QED) is 0.332. The van der Waals surface area contributed by atoms with Gasteiger partial charge in [0.25, 0.3) is 0 Å². The first-order valence-corrected chi connectivity index (χ1v) is 18.9. The lowest BCUT2D eigenvalue weighted by molar-refractivity contribution is 1.63. The van der Waals surface area contributed by atoms with E-state index >= 15 is 0 Å². The van der Waals surface area contributed by atoms with Crippen molar-refractivity contribution in [2.45, 2.75) is 39.3 Å². The molecule has 1 heterocycles. The van der Waals surface area contributed by atoms with Crippen LogP contribution in [0.15, 0.2) is 66.7 Å². The van der Waals surface area contributed by atoms with Gasteiger partial charge in [-0.2, -0.15) is 0 Å². The lowest BCUT2D eigenvalue weighted by Gasteiger charge is -2.28. The molecule has 0 spiro atoms. The van der Waals surface area contributed by atoms with Gasteiger partial charge >= 0.3 is 0 Å². The molecule has 3 aromatic rings. The van der Waals surface area contributed by atoms with Gasteiger partial charge in [0.05, 0.1) is 9.84 Å². The molecule has 0 atom stereocenters. The van der Waals surface area contributed by atoms with E-state index in [0.29, 0.717) is 0 Å². The molecule has 0 unspecified atom stereocenters. The van der Waals surface area contributed by atoms with E-state index in [1.165, 1.54) is 22.3 Å². The van der Waals surface area contributed by atoms with Gasteiger partial charge < -0.3 is 12.2 Å². The highest BCUT2D eigenvalue weighted by Crippen LogP contribution is 2.37. The van der Waals surface area contributed by atoms with E-state index < -0.39 is 22.9 Å². The molecule has 0 radical (unpaired) electrons. The molecular formula is C23H29PSSi2. The van der Waals surface area contributed by atoms with Gasteiger partial charge in [-0.25, -0.2) is 0 Å².